The maximum Gasteiger partial charge on any atom is 0.296 e. The van der Waals surface area contributed by atoms with Gasteiger partial charge in [0.2, 0.25) is 5.82 Å². The van der Waals surface area contributed by atoms with Crippen LogP contribution < -0.4 is 4.90 Å². The first-order valence-corrected chi connectivity index (χ1v) is 9.43. The second-order valence-corrected chi connectivity index (χ2v) is 7.50. The minimum atomic E-state index is -0.0944. The highest BCUT2D eigenvalue weighted by Crippen LogP contribution is 2.39. The predicted octanol–water partition coefficient (Wildman–Crippen LogP) is 3.44. The lowest BCUT2D eigenvalue weighted by Crippen LogP contribution is -2.37. The van der Waals surface area contributed by atoms with E-state index in [2.05, 4.69) is 23.0 Å². The van der Waals surface area contributed by atoms with Crippen LogP contribution in [0.4, 0.5) is 5.69 Å². The van der Waals surface area contributed by atoms with Gasteiger partial charge in [0.25, 0.3) is 5.91 Å². The van der Waals surface area contributed by atoms with Gasteiger partial charge in [0.05, 0.1) is 5.69 Å². The summed E-state index contributed by atoms with van der Waals surface area (Å²) in [7, 11) is 0. The smallest absolute Gasteiger partial charge is 0.296 e. The van der Waals surface area contributed by atoms with Crippen molar-refractivity contribution in [3.05, 3.63) is 65.5 Å². The summed E-state index contributed by atoms with van der Waals surface area (Å²) in [5, 5.41) is 4.71. The standard InChI is InChI=1S/C21H21N5O/c1-13-12-22-10-9-17(13)26-20(23-19(24-26)15-7-8-15)21(27)25-14(2)11-16-5-3-4-6-18(16)25/h3-6,9-10,12,14-15H,7-8,11H2,1-2H3. The Hall–Kier alpha value is -3.02. The van der Waals surface area contributed by atoms with Crippen LogP contribution in [0.2, 0.25) is 0 Å². The van der Waals surface area contributed by atoms with Crippen molar-refractivity contribution in [1.29, 1.82) is 0 Å². The SMILES string of the molecule is Cc1cnccc1-n1nc(C2CC2)nc1C(=O)N1c2ccccc2CC1C. The van der Waals surface area contributed by atoms with Gasteiger partial charge in [-0.05, 0) is 56.4 Å². The summed E-state index contributed by atoms with van der Waals surface area (Å²) in [6.45, 7) is 4.06. The molecule has 1 amide bonds. The molecule has 1 aliphatic heterocycles. The van der Waals surface area contributed by atoms with E-state index >= 15 is 0 Å². The quantitative estimate of drug-likeness (QED) is 0.719. The van der Waals surface area contributed by atoms with E-state index in [0.29, 0.717) is 11.7 Å². The molecular weight excluding hydrogens is 338 g/mol. The number of rotatable bonds is 3. The number of hydrogen-bond donors (Lipinski definition) is 0. The number of anilines is 1. The van der Waals surface area contributed by atoms with E-state index in [1.807, 2.05) is 36.1 Å². The van der Waals surface area contributed by atoms with Crippen LogP contribution in [0.1, 0.15) is 53.3 Å². The Labute approximate surface area is 157 Å². The third-order valence-corrected chi connectivity index (χ3v) is 5.40. The monoisotopic (exact) mass is 359 g/mol. The molecule has 1 fully saturated rings. The predicted molar refractivity (Wildman–Crippen MR) is 102 cm³/mol. The lowest BCUT2D eigenvalue weighted by Gasteiger charge is -2.22. The van der Waals surface area contributed by atoms with Gasteiger partial charge in [-0.1, -0.05) is 18.2 Å². The highest BCUT2D eigenvalue weighted by Gasteiger charge is 2.36. The maximum absolute atomic E-state index is 13.6. The van der Waals surface area contributed by atoms with Crippen molar-refractivity contribution in [3.8, 4) is 5.69 Å². The summed E-state index contributed by atoms with van der Waals surface area (Å²) >= 11 is 0. The molecule has 1 aliphatic carbocycles. The van der Waals surface area contributed by atoms with Crippen molar-refractivity contribution in [2.75, 3.05) is 4.90 Å². The largest absolute Gasteiger partial charge is 0.302 e. The highest BCUT2D eigenvalue weighted by atomic mass is 16.2. The van der Waals surface area contributed by atoms with Crippen LogP contribution in [0, 0.1) is 6.92 Å². The van der Waals surface area contributed by atoms with Crippen LogP contribution in [-0.4, -0.2) is 31.7 Å². The molecule has 0 radical (unpaired) electrons. The van der Waals surface area contributed by atoms with E-state index in [0.717, 1.165) is 42.0 Å². The number of carbonyl (C=O) groups is 1. The van der Waals surface area contributed by atoms with E-state index in [1.165, 1.54) is 5.56 Å². The molecule has 3 heterocycles. The first-order chi connectivity index (χ1) is 13.1. The molecule has 27 heavy (non-hydrogen) atoms. The average molecular weight is 359 g/mol. The van der Waals surface area contributed by atoms with Gasteiger partial charge in [0, 0.05) is 30.0 Å². The molecule has 2 aromatic heterocycles. The van der Waals surface area contributed by atoms with Gasteiger partial charge in [-0.25, -0.2) is 9.67 Å². The first-order valence-electron chi connectivity index (χ1n) is 9.43. The number of para-hydroxylation sites is 1. The van der Waals surface area contributed by atoms with Crippen molar-refractivity contribution in [2.24, 2.45) is 0 Å². The summed E-state index contributed by atoms with van der Waals surface area (Å²) < 4.78 is 1.71. The summed E-state index contributed by atoms with van der Waals surface area (Å²) in [5.74, 6) is 1.44. The zero-order chi connectivity index (χ0) is 18.5. The molecule has 1 saturated carbocycles. The molecule has 1 atom stereocenters. The number of benzene rings is 1. The summed E-state index contributed by atoms with van der Waals surface area (Å²) in [5.41, 5.74) is 4.00. The Balaban J connectivity index is 1.62. The van der Waals surface area contributed by atoms with Crippen molar-refractivity contribution in [3.63, 3.8) is 0 Å². The molecule has 0 bridgehead atoms. The van der Waals surface area contributed by atoms with E-state index in [4.69, 9.17) is 5.10 Å². The molecule has 1 aromatic carbocycles. The summed E-state index contributed by atoms with van der Waals surface area (Å²) in [6, 6.07) is 10.1. The first kappa shape index (κ1) is 16.2. The normalized spacial score (nSPS) is 18.6. The van der Waals surface area contributed by atoms with Crippen molar-refractivity contribution >= 4 is 11.6 Å². The average Bonchev–Trinajstić information content (AvgIpc) is 3.33. The summed E-state index contributed by atoms with van der Waals surface area (Å²) in [6.07, 6.45) is 6.56. The Morgan fingerprint density at radius 1 is 1.15 bits per heavy atom. The van der Waals surface area contributed by atoms with Gasteiger partial charge < -0.3 is 4.90 Å². The topological polar surface area (TPSA) is 63.9 Å². The van der Waals surface area contributed by atoms with Crippen molar-refractivity contribution < 1.29 is 4.79 Å². The Morgan fingerprint density at radius 3 is 2.74 bits per heavy atom. The number of hydrogen-bond acceptors (Lipinski definition) is 4. The van der Waals surface area contributed by atoms with Crippen LogP contribution in [0.15, 0.2) is 42.7 Å². The third kappa shape index (κ3) is 2.63. The van der Waals surface area contributed by atoms with Crippen LogP contribution >= 0.6 is 0 Å². The molecule has 0 N–H and O–H groups in total. The van der Waals surface area contributed by atoms with Gasteiger partial charge in [-0.15, -0.1) is 0 Å². The van der Waals surface area contributed by atoms with Gasteiger partial charge in [-0.3, -0.25) is 9.78 Å². The number of amides is 1. The molecule has 6 heteroatoms. The highest BCUT2D eigenvalue weighted by molar-refractivity contribution is 6.06. The van der Waals surface area contributed by atoms with Crippen LogP contribution in [-0.2, 0) is 6.42 Å². The van der Waals surface area contributed by atoms with Crippen molar-refractivity contribution in [1.82, 2.24) is 19.7 Å². The fraction of sp³-hybridized carbons (Fsp3) is 0.333. The summed E-state index contributed by atoms with van der Waals surface area (Å²) in [4.78, 5) is 24.3. The number of pyridine rings is 1. The number of nitrogens with zero attached hydrogens (tertiary/aromatic N) is 5. The molecule has 3 aromatic rings. The van der Waals surface area contributed by atoms with Crippen molar-refractivity contribution in [2.45, 2.75) is 45.1 Å². The molecule has 1 unspecified atom stereocenters. The molecule has 6 nitrogen and oxygen atoms in total. The fourth-order valence-electron chi connectivity index (χ4n) is 3.84. The van der Waals surface area contributed by atoms with E-state index in [1.54, 1.807) is 17.1 Å². The molecular formula is C21H21N5O. The van der Waals surface area contributed by atoms with Gasteiger partial charge in [0.15, 0.2) is 5.82 Å². The minimum absolute atomic E-state index is 0.0944. The van der Waals surface area contributed by atoms with E-state index in [-0.39, 0.29) is 11.9 Å². The Kier molecular flexibility index (Phi) is 3.60. The maximum atomic E-state index is 13.6. The molecule has 0 spiro atoms. The van der Waals surface area contributed by atoms with Gasteiger partial charge >= 0.3 is 0 Å². The molecule has 2 aliphatic rings. The van der Waals surface area contributed by atoms with Crippen LogP contribution in [0.5, 0.6) is 0 Å². The van der Waals surface area contributed by atoms with Gasteiger partial charge in [-0.2, -0.15) is 5.10 Å². The number of fused-ring (bicyclic) bond motifs is 1. The Bertz CT molecular complexity index is 1040. The zero-order valence-corrected chi connectivity index (χ0v) is 15.5. The van der Waals surface area contributed by atoms with Crippen LogP contribution in [0.25, 0.3) is 5.69 Å². The Morgan fingerprint density at radius 2 is 1.96 bits per heavy atom. The second kappa shape index (κ2) is 6.01. The molecule has 0 saturated heterocycles. The van der Waals surface area contributed by atoms with E-state index in [9.17, 15) is 4.79 Å². The van der Waals surface area contributed by atoms with Gasteiger partial charge in [0.1, 0.15) is 0 Å². The zero-order valence-electron chi connectivity index (χ0n) is 15.5. The van der Waals surface area contributed by atoms with Crippen LogP contribution in [0.3, 0.4) is 0 Å². The van der Waals surface area contributed by atoms with E-state index < -0.39 is 0 Å². The minimum Gasteiger partial charge on any atom is -0.302 e. The lowest BCUT2D eigenvalue weighted by atomic mass is 10.1. The third-order valence-electron chi connectivity index (χ3n) is 5.40. The lowest BCUT2D eigenvalue weighted by molar-refractivity contribution is 0.0969. The molecule has 5 rings (SSSR count). The fourth-order valence-corrected chi connectivity index (χ4v) is 3.84. The number of aryl methyl sites for hydroxylation is 1. The number of carbonyl (C=O) groups excluding carboxylic acids is 1. The number of aromatic nitrogens is 4. The second-order valence-electron chi connectivity index (χ2n) is 7.50. The molecule has 136 valence electrons.